The normalized spacial score (nSPS) is 10.1. The van der Waals surface area contributed by atoms with Gasteiger partial charge in [0, 0.05) is 24.4 Å². The topological polar surface area (TPSA) is 131 Å². The fourth-order valence-electron chi connectivity index (χ4n) is 2.12. The molecule has 0 unspecified atom stereocenters. The van der Waals surface area contributed by atoms with E-state index in [1.165, 1.54) is 18.2 Å². The molecule has 0 bridgehead atoms. The highest BCUT2D eigenvalue weighted by atomic mass is 35.5. The van der Waals surface area contributed by atoms with Gasteiger partial charge in [-0.3, -0.25) is 14.9 Å². The van der Waals surface area contributed by atoms with Gasteiger partial charge in [-0.15, -0.1) is 0 Å². The molecule has 142 valence electrons. The first-order valence-electron chi connectivity index (χ1n) is 7.77. The number of amides is 1. The molecule has 3 N–H and O–H groups in total. The van der Waals surface area contributed by atoms with Gasteiger partial charge in [0.1, 0.15) is 0 Å². The van der Waals surface area contributed by atoms with Crippen LogP contribution in [0.3, 0.4) is 0 Å². The number of carbonyl (C=O) groups is 2. The van der Waals surface area contributed by atoms with Crippen molar-refractivity contribution in [2.24, 2.45) is 0 Å². The van der Waals surface area contributed by atoms with Crippen LogP contribution >= 0.6 is 11.6 Å². The van der Waals surface area contributed by atoms with E-state index in [1.54, 1.807) is 18.2 Å². The number of halogens is 1. The van der Waals surface area contributed by atoms with E-state index in [1.807, 2.05) is 0 Å². The Hall–Kier alpha value is -3.17. The fraction of sp³-hybridized carbons (Fsp3) is 0.176. The van der Waals surface area contributed by atoms with Crippen molar-refractivity contribution in [1.29, 1.82) is 0 Å². The first-order valence-corrected chi connectivity index (χ1v) is 8.15. The van der Waals surface area contributed by atoms with Crippen molar-refractivity contribution < 1.29 is 24.4 Å². The van der Waals surface area contributed by atoms with E-state index in [0.29, 0.717) is 5.69 Å². The molecule has 10 heteroatoms. The van der Waals surface area contributed by atoms with Crippen LogP contribution in [0.5, 0.6) is 0 Å². The van der Waals surface area contributed by atoms with Crippen LogP contribution in [0.1, 0.15) is 10.4 Å². The average Bonchev–Trinajstić information content (AvgIpc) is 2.66. The second-order valence-electron chi connectivity index (χ2n) is 5.24. The minimum atomic E-state index is -0.721. The number of nitro benzene ring substituents is 1. The number of hydrogen-bond donors (Lipinski definition) is 3. The maximum Gasteiger partial charge on any atom is 0.340 e. The van der Waals surface area contributed by atoms with Crippen molar-refractivity contribution in [3.63, 3.8) is 0 Å². The van der Waals surface area contributed by atoms with E-state index in [0.717, 1.165) is 6.07 Å². The zero-order valence-corrected chi connectivity index (χ0v) is 14.7. The summed E-state index contributed by atoms with van der Waals surface area (Å²) in [5, 5.41) is 24.8. The van der Waals surface area contributed by atoms with Crippen molar-refractivity contribution >= 4 is 40.5 Å². The Morgan fingerprint density at radius 3 is 2.59 bits per heavy atom. The van der Waals surface area contributed by atoms with Gasteiger partial charge in [0.05, 0.1) is 27.8 Å². The Bertz CT molecular complexity index is 858. The third kappa shape index (κ3) is 5.66. The number of aliphatic hydroxyl groups excluding tert-OH is 1. The van der Waals surface area contributed by atoms with Gasteiger partial charge >= 0.3 is 5.97 Å². The predicted molar refractivity (Wildman–Crippen MR) is 99.0 cm³/mol. The Morgan fingerprint density at radius 1 is 1.19 bits per heavy atom. The molecular formula is C17H16ClN3O6. The average molecular weight is 394 g/mol. The number of nitro groups is 1. The number of para-hydroxylation sites is 1. The molecule has 0 aliphatic carbocycles. The molecule has 27 heavy (non-hydrogen) atoms. The van der Waals surface area contributed by atoms with Crippen molar-refractivity contribution in [3.05, 3.63) is 63.2 Å². The Kier molecular flexibility index (Phi) is 7.09. The molecule has 1 amide bonds. The summed E-state index contributed by atoms with van der Waals surface area (Å²) >= 11 is 5.89. The number of carbonyl (C=O) groups excluding carboxylic acids is 2. The van der Waals surface area contributed by atoms with E-state index in [-0.39, 0.29) is 35.1 Å². The number of rotatable bonds is 8. The van der Waals surface area contributed by atoms with Gasteiger partial charge in [-0.05, 0) is 18.2 Å². The predicted octanol–water partition coefficient (Wildman–Crippen LogP) is 2.45. The number of ether oxygens (including phenoxy) is 1. The minimum Gasteiger partial charge on any atom is -0.452 e. The number of nitrogens with zero attached hydrogens (tertiary/aromatic N) is 1. The second-order valence-corrected chi connectivity index (χ2v) is 5.65. The van der Waals surface area contributed by atoms with E-state index in [2.05, 4.69) is 10.6 Å². The summed E-state index contributed by atoms with van der Waals surface area (Å²) in [6.07, 6.45) is 0. The second kappa shape index (κ2) is 9.51. The smallest absolute Gasteiger partial charge is 0.340 e. The zero-order valence-electron chi connectivity index (χ0n) is 14.0. The van der Waals surface area contributed by atoms with Gasteiger partial charge in [-0.1, -0.05) is 23.7 Å². The third-order valence-electron chi connectivity index (χ3n) is 3.35. The van der Waals surface area contributed by atoms with E-state index in [4.69, 9.17) is 21.4 Å². The highest BCUT2D eigenvalue weighted by Crippen LogP contribution is 2.26. The van der Waals surface area contributed by atoms with Gasteiger partial charge in [0.15, 0.2) is 6.61 Å². The van der Waals surface area contributed by atoms with Gasteiger partial charge in [-0.2, -0.15) is 0 Å². The highest BCUT2D eigenvalue weighted by molar-refractivity contribution is 6.34. The van der Waals surface area contributed by atoms with Crippen molar-refractivity contribution in [1.82, 2.24) is 0 Å². The summed E-state index contributed by atoms with van der Waals surface area (Å²) in [6, 6.07) is 10.1. The van der Waals surface area contributed by atoms with E-state index < -0.39 is 23.4 Å². The molecule has 0 radical (unpaired) electrons. The number of benzene rings is 2. The molecule has 2 aromatic rings. The Balaban J connectivity index is 1.96. The number of non-ortho nitro benzene ring substituents is 1. The van der Waals surface area contributed by atoms with Gasteiger partial charge in [-0.25, -0.2) is 4.79 Å². The molecule has 0 saturated carbocycles. The van der Waals surface area contributed by atoms with Gasteiger partial charge in [0.25, 0.3) is 11.6 Å². The van der Waals surface area contributed by atoms with Crippen LogP contribution in [-0.2, 0) is 9.53 Å². The molecule has 0 aliphatic heterocycles. The quantitative estimate of drug-likeness (QED) is 0.356. The summed E-state index contributed by atoms with van der Waals surface area (Å²) in [7, 11) is 0. The van der Waals surface area contributed by atoms with Crippen LogP contribution < -0.4 is 10.6 Å². The van der Waals surface area contributed by atoms with Crippen molar-refractivity contribution in [2.75, 3.05) is 30.4 Å². The minimum absolute atomic E-state index is 0.0116. The first-order chi connectivity index (χ1) is 12.9. The third-order valence-corrected chi connectivity index (χ3v) is 3.66. The lowest BCUT2D eigenvalue weighted by Gasteiger charge is -2.11. The summed E-state index contributed by atoms with van der Waals surface area (Å²) in [5.41, 5.74) is 0.632. The van der Waals surface area contributed by atoms with E-state index in [9.17, 15) is 19.7 Å². The molecule has 0 fully saturated rings. The van der Waals surface area contributed by atoms with Crippen LogP contribution in [0.15, 0.2) is 42.5 Å². The van der Waals surface area contributed by atoms with Crippen molar-refractivity contribution in [2.45, 2.75) is 0 Å². The molecular weight excluding hydrogens is 378 g/mol. The lowest BCUT2D eigenvalue weighted by molar-refractivity contribution is -0.384. The van der Waals surface area contributed by atoms with Gasteiger partial charge in [0.2, 0.25) is 0 Å². The molecule has 0 aromatic heterocycles. The number of anilines is 2. The maximum atomic E-state index is 12.2. The lowest BCUT2D eigenvalue weighted by atomic mass is 10.2. The van der Waals surface area contributed by atoms with E-state index >= 15 is 0 Å². The van der Waals surface area contributed by atoms with Crippen LogP contribution in [0.4, 0.5) is 17.1 Å². The number of aliphatic hydroxyl groups is 1. The lowest BCUT2D eigenvalue weighted by Crippen LogP contribution is -2.21. The molecule has 0 atom stereocenters. The highest BCUT2D eigenvalue weighted by Gasteiger charge is 2.16. The first kappa shape index (κ1) is 20.1. The van der Waals surface area contributed by atoms with Crippen molar-refractivity contribution in [3.8, 4) is 0 Å². The SMILES string of the molecule is O=C(COC(=O)c1ccccc1NCCO)Nc1ccc([N+](=O)[O-])cc1Cl. The Labute approximate surface area is 159 Å². The number of esters is 1. The number of nitrogens with one attached hydrogen (secondary N) is 2. The van der Waals surface area contributed by atoms with Crippen LogP contribution in [0, 0.1) is 10.1 Å². The molecule has 0 spiro atoms. The van der Waals surface area contributed by atoms with Crippen LogP contribution in [-0.4, -0.2) is 41.7 Å². The molecule has 0 saturated heterocycles. The largest absolute Gasteiger partial charge is 0.452 e. The summed E-state index contributed by atoms with van der Waals surface area (Å²) < 4.78 is 4.98. The standard InChI is InChI=1S/C17H16ClN3O6/c18-13-9-11(21(25)26)5-6-15(13)20-16(23)10-27-17(24)12-3-1-2-4-14(12)19-7-8-22/h1-6,9,19,22H,7-8,10H2,(H,20,23). The molecule has 9 nitrogen and oxygen atoms in total. The monoisotopic (exact) mass is 393 g/mol. The molecule has 0 aliphatic rings. The summed E-state index contributed by atoms with van der Waals surface area (Å²) in [6.45, 7) is -0.425. The number of hydrogen-bond acceptors (Lipinski definition) is 7. The molecule has 2 rings (SSSR count). The molecule has 0 heterocycles. The molecule has 2 aromatic carbocycles. The maximum absolute atomic E-state index is 12.2. The zero-order chi connectivity index (χ0) is 19.8. The summed E-state index contributed by atoms with van der Waals surface area (Å²) in [5.74, 6) is -1.37. The summed E-state index contributed by atoms with van der Waals surface area (Å²) in [4.78, 5) is 34.2. The fourth-order valence-corrected chi connectivity index (χ4v) is 2.34. The Morgan fingerprint density at radius 2 is 1.93 bits per heavy atom. The van der Waals surface area contributed by atoms with Crippen LogP contribution in [0.2, 0.25) is 5.02 Å². The van der Waals surface area contributed by atoms with Gasteiger partial charge < -0.3 is 20.5 Å². The van der Waals surface area contributed by atoms with Crippen LogP contribution in [0.25, 0.3) is 0 Å².